The molecule has 2 aromatic heterocycles. The molecule has 0 aliphatic carbocycles. The smallest absolute Gasteiger partial charge is 0.134 e. The molecule has 0 N–H and O–H groups in total. The molecule has 1 aliphatic rings. The van der Waals surface area contributed by atoms with E-state index in [1.165, 1.54) is 12.1 Å². The molecule has 3 aromatic rings. The molecular weight excluding hydrogens is 343 g/mol. The number of halogens is 2. The lowest BCUT2D eigenvalue weighted by molar-refractivity contribution is 0.0820. The zero-order valence-corrected chi connectivity index (χ0v) is 14.8. The molecular formula is C18H18ClFN4O. The second kappa shape index (κ2) is 6.28. The van der Waals surface area contributed by atoms with Crippen molar-refractivity contribution in [1.82, 2.24) is 19.8 Å². The Morgan fingerprint density at radius 2 is 2.08 bits per heavy atom. The standard InChI is InChI=1S/C18H18ClFN4O/c1-11-9-15(22-25-11)17-14(18(19)23(2)21-17)10-24-8-7-16(24)12-3-5-13(20)6-4-12/h3-6,9,16H,7-8,10H2,1-2H3/t16-/m0/s1. The van der Waals surface area contributed by atoms with E-state index in [0.717, 1.165) is 35.5 Å². The number of aryl methyl sites for hydroxylation is 2. The number of rotatable bonds is 4. The summed E-state index contributed by atoms with van der Waals surface area (Å²) in [5.41, 5.74) is 3.48. The number of nitrogens with zero attached hydrogens (tertiary/aromatic N) is 4. The maximum atomic E-state index is 13.2. The van der Waals surface area contributed by atoms with Gasteiger partial charge in [-0.2, -0.15) is 5.10 Å². The highest BCUT2D eigenvalue weighted by molar-refractivity contribution is 6.30. The van der Waals surface area contributed by atoms with Gasteiger partial charge in [0.2, 0.25) is 0 Å². The summed E-state index contributed by atoms with van der Waals surface area (Å²) in [7, 11) is 1.82. The van der Waals surface area contributed by atoms with Gasteiger partial charge in [0.1, 0.15) is 28.1 Å². The first-order chi connectivity index (χ1) is 12.0. The van der Waals surface area contributed by atoms with Gasteiger partial charge in [-0.3, -0.25) is 9.58 Å². The maximum absolute atomic E-state index is 13.2. The highest BCUT2D eigenvalue weighted by Gasteiger charge is 2.32. The summed E-state index contributed by atoms with van der Waals surface area (Å²) in [6, 6.07) is 8.83. The van der Waals surface area contributed by atoms with E-state index in [1.54, 1.807) is 4.68 Å². The van der Waals surface area contributed by atoms with Gasteiger partial charge in [0.05, 0.1) is 0 Å². The quantitative estimate of drug-likeness (QED) is 0.702. The predicted molar refractivity (Wildman–Crippen MR) is 92.6 cm³/mol. The molecule has 1 aliphatic heterocycles. The lowest BCUT2D eigenvalue weighted by Gasteiger charge is -2.41. The number of likely N-dealkylation sites (tertiary alicyclic amines) is 1. The molecule has 25 heavy (non-hydrogen) atoms. The predicted octanol–water partition coefficient (Wildman–Crippen LogP) is 4.12. The fourth-order valence-corrected chi connectivity index (χ4v) is 3.45. The summed E-state index contributed by atoms with van der Waals surface area (Å²) < 4.78 is 20.0. The third-order valence-electron chi connectivity index (χ3n) is 4.69. The third-order valence-corrected chi connectivity index (χ3v) is 5.16. The van der Waals surface area contributed by atoms with E-state index >= 15 is 0 Å². The molecule has 1 aromatic carbocycles. The molecule has 1 fully saturated rings. The topological polar surface area (TPSA) is 47.1 Å². The van der Waals surface area contributed by atoms with Crippen LogP contribution in [0.15, 0.2) is 34.9 Å². The molecule has 0 unspecified atom stereocenters. The van der Waals surface area contributed by atoms with E-state index in [-0.39, 0.29) is 11.9 Å². The lowest BCUT2D eigenvalue weighted by atomic mass is 9.94. The summed E-state index contributed by atoms with van der Waals surface area (Å²) in [5.74, 6) is 0.518. The molecule has 5 nitrogen and oxygen atoms in total. The van der Waals surface area contributed by atoms with Crippen molar-refractivity contribution in [3.63, 3.8) is 0 Å². The monoisotopic (exact) mass is 360 g/mol. The normalized spacial score (nSPS) is 17.7. The van der Waals surface area contributed by atoms with Crippen LogP contribution < -0.4 is 0 Å². The summed E-state index contributed by atoms with van der Waals surface area (Å²) >= 11 is 6.48. The van der Waals surface area contributed by atoms with Crippen LogP contribution in [0.3, 0.4) is 0 Å². The van der Waals surface area contributed by atoms with Gasteiger partial charge in [-0.1, -0.05) is 28.9 Å². The average Bonchev–Trinajstić information content (AvgIpc) is 3.11. The first-order valence-electron chi connectivity index (χ1n) is 8.17. The molecule has 3 heterocycles. The van der Waals surface area contributed by atoms with Gasteiger partial charge in [0.25, 0.3) is 0 Å². The van der Waals surface area contributed by atoms with E-state index in [2.05, 4.69) is 15.2 Å². The van der Waals surface area contributed by atoms with Crippen molar-refractivity contribution in [2.24, 2.45) is 7.05 Å². The Morgan fingerprint density at radius 1 is 1.32 bits per heavy atom. The minimum atomic E-state index is -0.214. The Labute approximate surface area is 150 Å². The first-order valence-corrected chi connectivity index (χ1v) is 8.55. The van der Waals surface area contributed by atoms with E-state index in [0.29, 0.717) is 17.4 Å². The molecule has 0 spiro atoms. The zero-order chi connectivity index (χ0) is 17.6. The fourth-order valence-electron chi connectivity index (χ4n) is 3.27. The maximum Gasteiger partial charge on any atom is 0.134 e. The van der Waals surface area contributed by atoms with Crippen LogP contribution in [0.2, 0.25) is 5.15 Å². The van der Waals surface area contributed by atoms with Crippen molar-refractivity contribution in [1.29, 1.82) is 0 Å². The first kappa shape index (κ1) is 16.3. The Balaban J connectivity index is 1.61. The summed E-state index contributed by atoms with van der Waals surface area (Å²) in [4.78, 5) is 2.31. The Morgan fingerprint density at radius 3 is 2.68 bits per heavy atom. The molecule has 130 valence electrons. The molecule has 0 amide bonds. The number of aromatic nitrogens is 3. The molecule has 0 saturated carbocycles. The summed E-state index contributed by atoms with van der Waals surface area (Å²) in [6.45, 7) is 3.47. The number of benzene rings is 1. The minimum absolute atomic E-state index is 0.214. The Kier molecular flexibility index (Phi) is 4.09. The molecule has 1 saturated heterocycles. The van der Waals surface area contributed by atoms with E-state index in [9.17, 15) is 4.39 Å². The number of hydrogen-bond acceptors (Lipinski definition) is 4. The fraction of sp³-hybridized carbons (Fsp3) is 0.333. The van der Waals surface area contributed by atoms with Crippen molar-refractivity contribution in [2.45, 2.75) is 25.9 Å². The SMILES string of the molecule is Cc1cc(-c2nn(C)c(Cl)c2CN2CC[C@H]2c2ccc(F)cc2)no1. The Bertz CT molecular complexity index is 902. The van der Waals surface area contributed by atoms with Crippen LogP contribution in [0.25, 0.3) is 11.4 Å². The Hall–Kier alpha value is -2.18. The van der Waals surface area contributed by atoms with E-state index in [1.807, 2.05) is 32.2 Å². The van der Waals surface area contributed by atoms with Crippen molar-refractivity contribution >= 4 is 11.6 Å². The van der Waals surface area contributed by atoms with Crippen LogP contribution in [-0.2, 0) is 13.6 Å². The third kappa shape index (κ3) is 2.96. The number of hydrogen-bond donors (Lipinski definition) is 0. The molecule has 7 heteroatoms. The molecule has 1 atom stereocenters. The highest BCUT2D eigenvalue weighted by Crippen LogP contribution is 2.37. The molecule has 0 bridgehead atoms. The van der Waals surface area contributed by atoms with Gasteiger partial charge in [0.15, 0.2) is 0 Å². The van der Waals surface area contributed by atoms with Crippen LogP contribution in [0.4, 0.5) is 4.39 Å². The van der Waals surface area contributed by atoms with Gasteiger partial charge in [-0.25, -0.2) is 4.39 Å². The second-order valence-electron chi connectivity index (χ2n) is 6.39. The average molecular weight is 361 g/mol. The van der Waals surface area contributed by atoms with Crippen molar-refractivity contribution in [3.05, 3.63) is 58.2 Å². The van der Waals surface area contributed by atoms with Gasteiger partial charge in [-0.15, -0.1) is 0 Å². The highest BCUT2D eigenvalue weighted by atomic mass is 35.5. The van der Waals surface area contributed by atoms with Crippen molar-refractivity contribution in [3.8, 4) is 11.4 Å². The zero-order valence-electron chi connectivity index (χ0n) is 14.0. The van der Waals surface area contributed by atoms with Crippen molar-refractivity contribution in [2.75, 3.05) is 6.54 Å². The second-order valence-corrected chi connectivity index (χ2v) is 6.75. The van der Waals surface area contributed by atoms with E-state index in [4.69, 9.17) is 16.1 Å². The largest absolute Gasteiger partial charge is 0.361 e. The van der Waals surface area contributed by atoms with Crippen LogP contribution in [0.1, 0.15) is 29.3 Å². The van der Waals surface area contributed by atoms with E-state index < -0.39 is 0 Å². The minimum Gasteiger partial charge on any atom is -0.361 e. The van der Waals surface area contributed by atoms with Crippen LogP contribution >= 0.6 is 11.6 Å². The molecule has 4 rings (SSSR count). The van der Waals surface area contributed by atoms with Gasteiger partial charge in [-0.05, 0) is 31.0 Å². The molecule has 0 radical (unpaired) electrons. The van der Waals surface area contributed by atoms with Crippen LogP contribution in [-0.4, -0.2) is 26.4 Å². The van der Waals surface area contributed by atoms with Crippen LogP contribution in [0, 0.1) is 12.7 Å². The summed E-state index contributed by atoms with van der Waals surface area (Å²) in [5, 5.41) is 9.17. The van der Waals surface area contributed by atoms with Crippen molar-refractivity contribution < 1.29 is 8.91 Å². The van der Waals surface area contributed by atoms with Gasteiger partial charge >= 0.3 is 0 Å². The lowest BCUT2D eigenvalue weighted by Crippen LogP contribution is -2.40. The van der Waals surface area contributed by atoms with Gasteiger partial charge < -0.3 is 4.52 Å². The van der Waals surface area contributed by atoms with Crippen LogP contribution in [0.5, 0.6) is 0 Å². The summed E-state index contributed by atoms with van der Waals surface area (Å²) in [6.07, 6.45) is 1.04. The van der Waals surface area contributed by atoms with Gasteiger partial charge in [0, 0.05) is 37.8 Å².